The summed E-state index contributed by atoms with van der Waals surface area (Å²) in [6.07, 6.45) is 0. The molecule has 0 aliphatic heterocycles. The Morgan fingerprint density at radius 3 is 2.20 bits per heavy atom. The molecule has 0 saturated heterocycles. The summed E-state index contributed by atoms with van der Waals surface area (Å²) in [6.45, 7) is 0. The number of nitrogens with one attached hydrogen (secondary N) is 1. The quantitative estimate of drug-likeness (QED) is 0.494. The number of nitrogen functional groups attached to an aromatic ring is 2. The van der Waals surface area contributed by atoms with Crippen LogP contribution in [0.5, 0.6) is 5.75 Å². The summed E-state index contributed by atoms with van der Waals surface area (Å²) in [6, 6.07) is 19.6. The van der Waals surface area contributed by atoms with Gasteiger partial charge in [-0.3, -0.25) is 0 Å². The lowest BCUT2D eigenvalue weighted by Gasteiger charge is -2.05. The largest absolute Gasteiger partial charge is 0.497 e. The number of hydrogen-bond acceptors (Lipinski definition) is 4. The molecule has 0 bridgehead atoms. The number of aromatic amines is 1. The van der Waals surface area contributed by atoms with Crippen LogP contribution in [0.3, 0.4) is 0 Å². The number of nitrogens with two attached hydrogens (primary N) is 2. The molecular weight excluding hydrogens is 312 g/mol. The van der Waals surface area contributed by atoms with Crippen LogP contribution in [-0.2, 0) is 0 Å². The number of nitrogens with zero attached hydrogens (tertiary/aromatic N) is 1. The molecule has 124 valence electrons. The van der Waals surface area contributed by atoms with E-state index in [4.69, 9.17) is 16.2 Å². The van der Waals surface area contributed by atoms with Gasteiger partial charge in [-0.1, -0.05) is 12.1 Å². The predicted octanol–water partition coefficient (Wildman–Crippen LogP) is 4.07. The molecule has 3 aromatic carbocycles. The van der Waals surface area contributed by atoms with Crippen LogP contribution in [0, 0.1) is 0 Å². The van der Waals surface area contributed by atoms with Crippen molar-refractivity contribution in [1.29, 1.82) is 0 Å². The van der Waals surface area contributed by atoms with Gasteiger partial charge in [0.05, 0.1) is 29.5 Å². The summed E-state index contributed by atoms with van der Waals surface area (Å²) in [5, 5.41) is 0. The zero-order valence-corrected chi connectivity index (χ0v) is 13.8. The van der Waals surface area contributed by atoms with Crippen molar-refractivity contribution in [2.24, 2.45) is 0 Å². The number of rotatable bonds is 3. The first-order valence-corrected chi connectivity index (χ1v) is 7.93. The average Bonchev–Trinajstić information content (AvgIpc) is 3.07. The Morgan fingerprint density at radius 2 is 1.48 bits per heavy atom. The van der Waals surface area contributed by atoms with Crippen LogP contribution in [-0.4, -0.2) is 17.1 Å². The molecule has 0 saturated carbocycles. The molecule has 0 spiro atoms. The molecule has 25 heavy (non-hydrogen) atoms. The summed E-state index contributed by atoms with van der Waals surface area (Å²) in [7, 11) is 1.65. The fourth-order valence-corrected chi connectivity index (χ4v) is 2.83. The van der Waals surface area contributed by atoms with Crippen molar-refractivity contribution in [2.75, 3.05) is 18.6 Å². The molecule has 5 heteroatoms. The van der Waals surface area contributed by atoms with Crippen LogP contribution in [0.15, 0.2) is 60.7 Å². The highest BCUT2D eigenvalue weighted by atomic mass is 16.5. The molecule has 0 fully saturated rings. The minimum Gasteiger partial charge on any atom is -0.497 e. The lowest BCUT2D eigenvalue weighted by atomic mass is 10.0. The number of ether oxygens (including phenoxy) is 1. The third kappa shape index (κ3) is 2.76. The van der Waals surface area contributed by atoms with Crippen LogP contribution in [0.1, 0.15) is 0 Å². The van der Waals surface area contributed by atoms with Gasteiger partial charge in [0, 0.05) is 5.56 Å². The van der Waals surface area contributed by atoms with E-state index in [2.05, 4.69) is 16.0 Å². The second-order valence-corrected chi connectivity index (χ2v) is 5.89. The van der Waals surface area contributed by atoms with Gasteiger partial charge in [-0.25, -0.2) is 4.98 Å². The summed E-state index contributed by atoms with van der Waals surface area (Å²) in [4.78, 5) is 8.04. The van der Waals surface area contributed by atoms with Gasteiger partial charge in [0.15, 0.2) is 0 Å². The summed E-state index contributed by atoms with van der Waals surface area (Å²) in [5.41, 5.74) is 17.9. The van der Waals surface area contributed by atoms with Crippen LogP contribution < -0.4 is 16.2 Å². The Kier molecular flexibility index (Phi) is 3.54. The molecule has 1 aromatic heterocycles. The van der Waals surface area contributed by atoms with Crippen LogP contribution in [0.2, 0.25) is 0 Å². The Hall–Kier alpha value is -3.47. The van der Waals surface area contributed by atoms with Gasteiger partial charge >= 0.3 is 0 Å². The number of H-pyrrole nitrogens is 1. The highest BCUT2D eigenvalue weighted by molar-refractivity contribution is 5.85. The van der Waals surface area contributed by atoms with Crippen molar-refractivity contribution < 1.29 is 4.74 Å². The molecule has 5 N–H and O–H groups in total. The van der Waals surface area contributed by atoms with Crippen molar-refractivity contribution in [3.05, 3.63) is 60.7 Å². The Labute approximate surface area is 145 Å². The zero-order chi connectivity index (χ0) is 17.4. The Morgan fingerprint density at radius 1 is 0.800 bits per heavy atom. The number of aromatic nitrogens is 2. The fourth-order valence-electron chi connectivity index (χ4n) is 2.83. The lowest BCUT2D eigenvalue weighted by molar-refractivity contribution is 0.415. The van der Waals surface area contributed by atoms with E-state index >= 15 is 0 Å². The number of methoxy groups -OCH3 is 1. The fraction of sp³-hybridized carbons (Fsp3) is 0.0500. The molecule has 0 aliphatic rings. The van der Waals surface area contributed by atoms with Crippen LogP contribution in [0.25, 0.3) is 33.5 Å². The van der Waals surface area contributed by atoms with Crippen molar-refractivity contribution >= 4 is 22.4 Å². The van der Waals surface area contributed by atoms with E-state index in [1.165, 1.54) is 0 Å². The maximum absolute atomic E-state index is 5.92. The predicted molar refractivity (Wildman–Crippen MR) is 102 cm³/mol. The van der Waals surface area contributed by atoms with E-state index < -0.39 is 0 Å². The standard InChI is InChI=1S/C20H18N4O/c1-25-15-6-2-12(3-7-15)20-23-18-9-5-14(11-19(18)24-20)13-4-8-16(21)17(22)10-13/h2-11H,21-22H2,1H3,(H,23,24). The second-order valence-electron chi connectivity index (χ2n) is 5.89. The van der Waals surface area contributed by atoms with E-state index in [9.17, 15) is 0 Å². The molecule has 4 aromatic rings. The molecule has 0 unspecified atom stereocenters. The van der Waals surface area contributed by atoms with E-state index in [0.29, 0.717) is 11.4 Å². The van der Waals surface area contributed by atoms with Crippen LogP contribution in [0.4, 0.5) is 11.4 Å². The van der Waals surface area contributed by atoms with Crippen LogP contribution >= 0.6 is 0 Å². The summed E-state index contributed by atoms with van der Waals surface area (Å²) in [5.74, 6) is 1.65. The maximum atomic E-state index is 5.92. The smallest absolute Gasteiger partial charge is 0.138 e. The summed E-state index contributed by atoms with van der Waals surface area (Å²) >= 11 is 0. The van der Waals surface area contributed by atoms with E-state index in [0.717, 1.165) is 39.3 Å². The normalized spacial score (nSPS) is 10.9. The SMILES string of the molecule is COc1ccc(-c2nc3ccc(-c4ccc(N)c(N)c4)cc3[nH]2)cc1. The first-order chi connectivity index (χ1) is 12.1. The topological polar surface area (TPSA) is 89.9 Å². The van der Waals surface area contributed by atoms with Gasteiger partial charge in [-0.2, -0.15) is 0 Å². The average molecular weight is 330 g/mol. The Balaban J connectivity index is 1.74. The molecule has 5 nitrogen and oxygen atoms in total. The summed E-state index contributed by atoms with van der Waals surface area (Å²) < 4.78 is 5.20. The number of anilines is 2. The molecule has 0 aliphatic carbocycles. The maximum Gasteiger partial charge on any atom is 0.138 e. The van der Waals surface area contributed by atoms with Crippen molar-refractivity contribution in [3.8, 4) is 28.3 Å². The number of fused-ring (bicyclic) bond motifs is 1. The van der Waals surface area contributed by atoms with Gasteiger partial charge in [0.1, 0.15) is 11.6 Å². The van der Waals surface area contributed by atoms with Gasteiger partial charge in [0.25, 0.3) is 0 Å². The van der Waals surface area contributed by atoms with E-state index in [1.807, 2.05) is 54.6 Å². The number of imidazole rings is 1. The first kappa shape index (κ1) is 15.1. The number of benzene rings is 3. The third-order valence-corrected chi connectivity index (χ3v) is 4.27. The van der Waals surface area contributed by atoms with Gasteiger partial charge in [-0.15, -0.1) is 0 Å². The monoisotopic (exact) mass is 330 g/mol. The first-order valence-electron chi connectivity index (χ1n) is 7.93. The molecule has 0 atom stereocenters. The van der Waals surface area contributed by atoms with Gasteiger partial charge in [0.2, 0.25) is 0 Å². The van der Waals surface area contributed by atoms with Gasteiger partial charge < -0.3 is 21.2 Å². The second kappa shape index (κ2) is 5.87. The zero-order valence-electron chi connectivity index (χ0n) is 13.8. The highest BCUT2D eigenvalue weighted by Gasteiger charge is 2.08. The lowest BCUT2D eigenvalue weighted by Crippen LogP contribution is -1.94. The van der Waals surface area contributed by atoms with Crippen molar-refractivity contribution in [3.63, 3.8) is 0 Å². The molecule has 0 radical (unpaired) electrons. The molecule has 0 amide bonds. The molecule has 4 rings (SSSR count). The highest BCUT2D eigenvalue weighted by Crippen LogP contribution is 2.29. The van der Waals surface area contributed by atoms with Crippen molar-refractivity contribution in [1.82, 2.24) is 9.97 Å². The van der Waals surface area contributed by atoms with E-state index in [1.54, 1.807) is 7.11 Å². The van der Waals surface area contributed by atoms with Crippen molar-refractivity contribution in [2.45, 2.75) is 0 Å². The molecular formula is C20H18N4O. The van der Waals surface area contributed by atoms with Gasteiger partial charge in [-0.05, 0) is 59.7 Å². The van der Waals surface area contributed by atoms with E-state index in [-0.39, 0.29) is 0 Å². The number of hydrogen-bond donors (Lipinski definition) is 3. The Bertz CT molecular complexity index is 1050. The molecule has 1 heterocycles. The minimum absolute atomic E-state index is 0.584. The minimum atomic E-state index is 0.584. The third-order valence-electron chi connectivity index (χ3n) is 4.27.